The Morgan fingerprint density at radius 2 is 1.73 bits per heavy atom. The topological polar surface area (TPSA) is 39.3 Å². The average molecular weight is 372 g/mol. The lowest BCUT2D eigenvalue weighted by Gasteiger charge is -2.11. The first-order chi connectivity index (χ1) is 12.6. The molecule has 0 N–H and O–H groups in total. The van der Waals surface area contributed by atoms with Gasteiger partial charge >= 0.3 is 0 Å². The third-order valence-corrected chi connectivity index (χ3v) is 5.05. The van der Waals surface area contributed by atoms with Crippen LogP contribution >= 0.6 is 11.6 Å². The Bertz CT molecular complexity index is 925. The maximum atomic E-state index is 12.4. The molecule has 0 amide bonds. The van der Waals surface area contributed by atoms with Crippen LogP contribution in [-0.2, 0) is 6.54 Å². The van der Waals surface area contributed by atoms with E-state index in [1.807, 2.05) is 37.4 Å². The highest BCUT2D eigenvalue weighted by molar-refractivity contribution is 6.30. The third kappa shape index (κ3) is 4.18. The van der Waals surface area contributed by atoms with Gasteiger partial charge in [0.2, 0.25) is 5.78 Å². The zero-order chi connectivity index (χ0) is 18.5. The van der Waals surface area contributed by atoms with E-state index in [1.165, 1.54) is 32.1 Å². The summed E-state index contributed by atoms with van der Waals surface area (Å²) >= 11 is 5.97. The van der Waals surface area contributed by atoms with E-state index in [4.69, 9.17) is 16.6 Å². The molecule has 0 saturated heterocycles. The second-order valence-electron chi connectivity index (χ2n) is 6.85. The van der Waals surface area contributed by atoms with Crippen molar-refractivity contribution < 1.29 is 0 Å². The van der Waals surface area contributed by atoms with Crippen molar-refractivity contribution in [2.75, 3.05) is 0 Å². The molecule has 0 unspecified atom stereocenters. The van der Waals surface area contributed by atoms with Crippen LogP contribution in [0.1, 0.15) is 51.1 Å². The molecule has 2 heterocycles. The normalized spacial score (nSPS) is 11.3. The molecule has 5 heteroatoms. The summed E-state index contributed by atoms with van der Waals surface area (Å²) in [7, 11) is 0. The van der Waals surface area contributed by atoms with Crippen LogP contribution in [0.2, 0.25) is 5.02 Å². The van der Waals surface area contributed by atoms with E-state index in [0.29, 0.717) is 10.8 Å². The van der Waals surface area contributed by atoms with E-state index in [-0.39, 0.29) is 5.56 Å². The van der Waals surface area contributed by atoms with Crippen LogP contribution in [0.3, 0.4) is 0 Å². The van der Waals surface area contributed by atoms with Crippen LogP contribution in [0, 0.1) is 6.92 Å². The van der Waals surface area contributed by atoms with Crippen LogP contribution in [0.25, 0.3) is 17.0 Å². The summed E-state index contributed by atoms with van der Waals surface area (Å²) in [6, 6.07) is 9.24. The maximum Gasteiger partial charge on any atom is 0.259 e. The summed E-state index contributed by atoms with van der Waals surface area (Å²) in [5.74, 6) is 0.716. The monoisotopic (exact) mass is 371 g/mol. The van der Waals surface area contributed by atoms with Crippen molar-refractivity contribution in [3.8, 4) is 11.3 Å². The first-order valence-corrected chi connectivity index (χ1v) is 9.83. The predicted octanol–water partition coefficient (Wildman–Crippen LogP) is 5.49. The minimum Gasteiger partial charge on any atom is -0.315 e. The molecule has 138 valence electrons. The van der Waals surface area contributed by atoms with Gasteiger partial charge in [-0.2, -0.15) is 0 Å². The summed E-state index contributed by atoms with van der Waals surface area (Å²) in [6.45, 7) is 5.10. The molecular formula is C21H26ClN3O. The van der Waals surface area contributed by atoms with Gasteiger partial charge in [0, 0.05) is 35.1 Å². The zero-order valence-corrected chi connectivity index (χ0v) is 16.3. The van der Waals surface area contributed by atoms with E-state index in [1.54, 1.807) is 10.5 Å². The van der Waals surface area contributed by atoms with Gasteiger partial charge in [0.1, 0.15) is 0 Å². The Balaban J connectivity index is 1.86. The highest BCUT2D eigenvalue weighted by Crippen LogP contribution is 2.21. The number of halogens is 1. The lowest BCUT2D eigenvalue weighted by Crippen LogP contribution is -2.18. The summed E-state index contributed by atoms with van der Waals surface area (Å²) in [5, 5.41) is 0.691. The number of nitrogens with zero attached hydrogens (tertiary/aromatic N) is 3. The highest BCUT2D eigenvalue weighted by Gasteiger charge is 2.11. The van der Waals surface area contributed by atoms with Crippen LogP contribution in [0.5, 0.6) is 0 Å². The number of hydrogen-bond acceptors (Lipinski definition) is 2. The maximum absolute atomic E-state index is 12.4. The van der Waals surface area contributed by atoms with Gasteiger partial charge in [-0.05, 0) is 25.5 Å². The molecule has 0 spiro atoms. The quantitative estimate of drug-likeness (QED) is 0.491. The van der Waals surface area contributed by atoms with Crippen molar-refractivity contribution in [3.05, 3.63) is 57.6 Å². The predicted molar refractivity (Wildman–Crippen MR) is 108 cm³/mol. The molecule has 0 fully saturated rings. The summed E-state index contributed by atoms with van der Waals surface area (Å²) in [4.78, 5) is 17.1. The third-order valence-electron chi connectivity index (χ3n) is 4.80. The second kappa shape index (κ2) is 8.54. The van der Waals surface area contributed by atoms with E-state index < -0.39 is 0 Å². The van der Waals surface area contributed by atoms with Crippen molar-refractivity contribution in [2.24, 2.45) is 0 Å². The van der Waals surface area contributed by atoms with E-state index in [9.17, 15) is 4.79 Å². The molecule has 0 aliphatic rings. The summed E-state index contributed by atoms with van der Waals surface area (Å²) in [5.41, 5.74) is 2.68. The van der Waals surface area contributed by atoms with Crippen molar-refractivity contribution >= 4 is 17.4 Å². The SMILES string of the molecule is CCCCCCCCn1c(C)cc(=O)n2cc(-c3ccc(Cl)cc3)nc12. The van der Waals surface area contributed by atoms with Gasteiger partial charge in [-0.1, -0.05) is 62.8 Å². The molecule has 2 aromatic heterocycles. The minimum atomic E-state index is -0.0376. The number of rotatable bonds is 8. The van der Waals surface area contributed by atoms with Gasteiger partial charge in [0.15, 0.2) is 0 Å². The fourth-order valence-corrected chi connectivity index (χ4v) is 3.42. The summed E-state index contributed by atoms with van der Waals surface area (Å²) in [6.07, 6.45) is 9.28. The molecule has 3 aromatic rings. The average Bonchev–Trinajstić information content (AvgIpc) is 3.06. The number of unbranched alkanes of at least 4 members (excludes halogenated alkanes) is 5. The molecule has 0 atom stereocenters. The number of benzene rings is 1. The Hall–Kier alpha value is -2.07. The van der Waals surface area contributed by atoms with E-state index in [2.05, 4.69) is 11.5 Å². The van der Waals surface area contributed by atoms with E-state index >= 15 is 0 Å². The Labute approximate surface area is 159 Å². The van der Waals surface area contributed by atoms with Gasteiger partial charge < -0.3 is 4.57 Å². The molecular weight excluding hydrogens is 346 g/mol. The Morgan fingerprint density at radius 3 is 2.46 bits per heavy atom. The van der Waals surface area contributed by atoms with Crippen LogP contribution < -0.4 is 5.56 Å². The van der Waals surface area contributed by atoms with E-state index in [0.717, 1.165) is 29.9 Å². The van der Waals surface area contributed by atoms with Crippen LogP contribution in [-0.4, -0.2) is 14.0 Å². The fraction of sp³-hybridized carbons (Fsp3) is 0.429. The Kier molecular flexibility index (Phi) is 6.15. The molecule has 0 radical (unpaired) electrons. The number of aromatic nitrogens is 3. The first-order valence-electron chi connectivity index (χ1n) is 9.45. The van der Waals surface area contributed by atoms with Gasteiger partial charge in [-0.15, -0.1) is 0 Å². The van der Waals surface area contributed by atoms with Crippen molar-refractivity contribution in [1.82, 2.24) is 14.0 Å². The van der Waals surface area contributed by atoms with Crippen LogP contribution in [0.15, 0.2) is 41.3 Å². The molecule has 0 aliphatic carbocycles. The number of hydrogen-bond donors (Lipinski definition) is 0. The largest absolute Gasteiger partial charge is 0.315 e. The van der Waals surface area contributed by atoms with Crippen molar-refractivity contribution in [3.63, 3.8) is 0 Å². The number of fused-ring (bicyclic) bond motifs is 1. The van der Waals surface area contributed by atoms with Gasteiger partial charge in [0.25, 0.3) is 5.56 Å². The fourth-order valence-electron chi connectivity index (χ4n) is 3.29. The van der Waals surface area contributed by atoms with Gasteiger partial charge in [0.05, 0.1) is 5.69 Å². The molecule has 0 saturated carbocycles. The molecule has 1 aromatic carbocycles. The molecule has 3 rings (SSSR count). The lowest BCUT2D eigenvalue weighted by atomic mass is 10.1. The molecule has 26 heavy (non-hydrogen) atoms. The minimum absolute atomic E-state index is 0.0376. The standard InChI is InChI=1S/C21H26ClN3O/c1-3-4-5-6-7-8-13-24-16(2)14-20(26)25-15-19(23-21(24)25)17-9-11-18(22)12-10-17/h9-12,14-15H,3-8,13H2,1-2H3. The zero-order valence-electron chi connectivity index (χ0n) is 15.5. The van der Waals surface area contributed by atoms with Crippen LogP contribution in [0.4, 0.5) is 0 Å². The summed E-state index contributed by atoms with van der Waals surface area (Å²) < 4.78 is 3.80. The molecule has 0 bridgehead atoms. The van der Waals surface area contributed by atoms with Gasteiger partial charge in [-0.25, -0.2) is 4.98 Å². The smallest absolute Gasteiger partial charge is 0.259 e. The highest BCUT2D eigenvalue weighted by atomic mass is 35.5. The lowest BCUT2D eigenvalue weighted by molar-refractivity contribution is 0.552. The van der Waals surface area contributed by atoms with Crippen molar-refractivity contribution in [2.45, 2.75) is 58.9 Å². The number of imidazole rings is 1. The second-order valence-corrected chi connectivity index (χ2v) is 7.28. The molecule has 4 nitrogen and oxygen atoms in total. The Morgan fingerprint density at radius 1 is 1.04 bits per heavy atom. The first kappa shape index (κ1) is 18.7. The number of aryl methyl sites for hydroxylation is 2. The van der Waals surface area contributed by atoms with Gasteiger partial charge in [-0.3, -0.25) is 9.20 Å². The molecule has 0 aliphatic heterocycles. The van der Waals surface area contributed by atoms with Crippen molar-refractivity contribution in [1.29, 1.82) is 0 Å².